The van der Waals surface area contributed by atoms with Crippen molar-refractivity contribution in [2.45, 2.75) is 19.9 Å². The Balaban J connectivity index is 2.22. The van der Waals surface area contributed by atoms with Gasteiger partial charge in [-0.2, -0.15) is 0 Å². The maximum atomic E-state index is 11.8. The van der Waals surface area contributed by atoms with Gasteiger partial charge in [-0.15, -0.1) is 10.2 Å². The lowest BCUT2D eigenvalue weighted by molar-refractivity contribution is -0.118. The highest BCUT2D eigenvalue weighted by Crippen LogP contribution is 2.08. The highest BCUT2D eigenvalue weighted by molar-refractivity contribution is 5.93. The van der Waals surface area contributed by atoms with Crippen LogP contribution in [-0.4, -0.2) is 26.5 Å². The molecule has 1 atom stereocenters. The van der Waals surface area contributed by atoms with Gasteiger partial charge in [-0.05, 0) is 18.1 Å². The average molecular weight is 233 g/mol. The molecule has 0 saturated carbocycles. The van der Waals surface area contributed by atoms with Gasteiger partial charge in [0.25, 0.3) is 0 Å². The molecule has 2 aromatic rings. The molecule has 0 aliphatic rings. The normalized spacial score (nSPS) is 12.9. The first-order chi connectivity index (χ1) is 8.09. The molecule has 17 heavy (non-hydrogen) atoms. The van der Waals surface area contributed by atoms with Crippen LogP contribution in [0.1, 0.15) is 13.8 Å². The van der Waals surface area contributed by atoms with Crippen molar-refractivity contribution in [1.82, 2.24) is 14.6 Å². The molecule has 0 aromatic carbocycles. The fourth-order valence-electron chi connectivity index (χ4n) is 1.42. The summed E-state index contributed by atoms with van der Waals surface area (Å²) in [5.74, 6) is 0.217. The van der Waals surface area contributed by atoms with Gasteiger partial charge in [-0.25, -0.2) is 0 Å². The lowest BCUT2D eigenvalue weighted by Gasteiger charge is -2.14. The van der Waals surface area contributed by atoms with Gasteiger partial charge < -0.3 is 5.73 Å². The minimum absolute atomic E-state index is 0.0779. The van der Waals surface area contributed by atoms with Crippen molar-refractivity contribution >= 4 is 17.5 Å². The number of carbonyl (C=O) groups excluding carboxylic acids is 1. The number of rotatable bonds is 3. The van der Waals surface area contributed by atoms with Gasteiger partial charge in [0.15, 0.2) is 5.65 Å². The second-order valence-corrected chi connectivity index (χ2v) is 4.21. The van der Waals surface area contributed by atoms with Crippen molar-refractivity contribution in [2.24, 2.45) is 11.7 Å². The summed E-state index contributed by atoms with van der Waals surface area (Å²) in [6.07, 6.45) is 1.78. The SMILES string of the molecule is CC(C)[C@H](N)C(=O)Nc1nnc2ccccn12. The number of aromatic nitrogens is 3. The number of nitrogens with zero attached hydrogens (tertiary/aromatic N) is 3. The molecular weight excluding hydrogens is 218 g/mol. The van der Waals surface area contributed by atoms with E-state index in [1.54, 1.807) is 10.6 Å². The Labute approximate surface area is 98.8 Å². The Bertz CT molecular complexity index is 533. The fourth-order valence-corrected chi connectivity index (χ4v) is 1.42. The molecule has 2 heterocycles. The lowest BCUT2D eigenvalue weighted by atomic mass is 10.1. The standard InChI is InChI=1S/C11H15N5O/c1-7(2)9(12)10(17)13-11-15-14-8-5-3-4-6-16(8)11/h3-7,9H,12H2,1-2H3,(H,13,15,17)/t9-/m0/s1. The summed E-state index contributed by atoms with van der Waals surface area (Å²) in [6, 6.07) is 4.96. The molecule has 0 aliphatic carbocycles. The van der Waals surface area contributed by atoms with Crippen LogP contribution in [0.5, 0.6) is 0 Å². The second-order valence-electron chi connectivity index (χ2n) is 4.21. The van der Waals surface area contributed by atoms with E-state index in [4.69, 9.17) is 5.73 Å². The Morgan fingerprint density at radius 2 is 2.18 bits per heavy atom. The topological polar surface area (TPSA) is 85.3 Å². The van der Waals surface area contributed by atoms with Crippen LogP contribution in [-0.2, 0) is 4.79 Å². The molecule has 6 nitrogen and oxygen atoms in total. The third kappa shape index (κ3) is 2.26. The molecule has 3 N–H and O–H groups in total. The van der Waals surface area contributed by atoms with E-state index >= 15 is 0 Å². The molecule has 0 bridgehead atoms. The van der Waals surface area contributed by atoms with Crippen molar-refractivity contribution in [2.75, 3.05) is 5.32 Å². The van der Waals surface area contributed by atoms with Crippen LogP contribution in [0.3, 0.4) is 0 Å². The molecule has 0 radical (unpaired) electrons. The Morgan fingerprint density at radius 3 is 2.88 bits per heavy atom. The van der Waals surface area contributed by atoms with E-state index < -0.39 is 6.04 Å². The Hall–Kier alpha value is -1.95. The van der Waals surface area contributed by atoms with Crippen molar-refractivity contribution in [3.8, 4) is 0 Å². The highest BCUT2D eigenvalue weighted by atomic mass is 16.2. The van der Waals surface area contributed by atoms with E-state index in [-0.39, 0.29) is 11.8 Å². The first-order valence-corrected chi connectivity index (χ1v) is 5.46. The summed E-state index contributed by atoms with van der Waals surface area (Å²) < 4.78 is 1.70. The Morgan fingerprint density at radius 1 is 1.41 bits per heavy atom. The predicted molar refractivity (Wildman–Crippen MR) is 64.4 cm³/mol. The van der Waals surface area contributed by atoms with Crippen LogP contribution in [0.15, 0.2) is 24.4 Å². The molecule has 1 amide bonds. The van der Waals surface area contributed by atoms with Crippen molar-refractivity contribution < 1.29 is 4.79 Å². The summed E-state index contributed by atoms with van der Waals surface area (Å²) in [5.41, 5.74) is 6.43. The first kappa shape index (κ1) is 11.5. The van der Waals surface area contributed by atoms with E-state index in [9.17, 15) is 4.79 Å². The van der Waals surface area contributed by atoms with Gasteiger partial charge in [0, 0.05) is 6.20 Å². The van der Waals surface area contributed by atoms with Crippen molar-refractivity contribution in [1.29, 1.82) is 0 Å². The number of amides is 1. The molecule has 0 unspecified atom stereocenters. The first-order valence-electron chi connectivity index (χ1n) is 5.46. The largest absolute Gasteiger partial charge is 0.320 e. The van der Waals surface area contributed by atoms with E-state index in [1.807, 2.05) is 32.0 Å². The monoisotopic (exact) mass is 233 g/mol. The maximum Gasteiger partial charge on any atom is 0.243 e. The van der Waals surface area contributed by atoms with Crippen LogP contribution in [0.2, 0.25) is 0 Å². The number of nitrogens with one attached hydrogen (secondary N) is 1. The zero-order valence-corrected chi connectivity index (χ0v) is 9.79. The summed E-state index contributed by atoms with van der Waals surface area (Å²) in [7, 11) is 0. The van der Waals surface area contributed by atoms with Crippen LogP contribution >= 0.6 is 0 Å². The molecule has 0 spiro atoms. The second kappa shape index (κ2) is 4.50. The summed E-state index contributed by atoms with van der Waals surface area (Å²) in [5, 5.41) is 10.5. The van der Waals surface area contributed by atoms with Crippen LogP contribution in [0.25, 0.3) is 5.65 Å². The molecule has 90 valence electrons. The third-order valence-electron chi connectivity index (χ3n) is 2.57. The summed E-state index contributed by atoms with van der Waals surface area (Å²) >= 11 is 0. The molecule has 2 aromatic heterocycles. The maximum absolute atomic E-state index is 11.8. The average Bonchev–Trinajstić information content (AvgIpc) is 2.71. The quantitative estimate of drug-likeness (QED) is 0.815. The van der Waals surface area contributed by atoms with Gasteiger partial charge in [0.2, 0.25) is 11.9 Å². The van der Waals surface area contributed by atoms with E-state index in [0.29, 0.717) is 11.6 Å². The van der Waals surface area contributed by atoms with Gasteiger partial charge >= 0.3 is 0 Å². The lowest BCUT2D eigenvalue weighted by Crippen LogP contribution is -2.40. The van der Waals surface area contributed by atoms with Crippen molar-refractivity contribution in [3.05, 3.63) is 24.4 Å². The zero-order valence-electron chi connectivity index (χ0n) is 9.79. The van der Waals surface area contributed by atoms with Gasteiger partial charge in [-0.3, -0.25) is 14.5 Å². The van der Waals surface area contributed by atoms with Crippen molar-refractivity contribution in [3.63, 3.8) is 0 Å². The van der Waals surface area contributed by atoms with Crippen LogP contribution in [0, 0.1) is 5.92 Å². The number of hydrogen-bond acceptors (Lipinski definition) is 4. The number of carbonyl (C=O) groups is 1. The molecule has 0 aliphatic heterocycles. The minimum atomic E-state index is -0.550. The molecular formula is C11H15N5O. The van der Waals surface area contributed by atoms with Gasteiger partial charge in [-0.1, -0.05) is 19.9 Å². The number of fused-ring (bicyclic) bond motifs is 1. The Kier molecular flexibility index (Phi) is 3.06. The number of nitrogens with two attached hydrogens (primary N) is 1. The zero-order chi connectivity index (χ0) is 12.4. The number of pyridine rings is 1. The minimum Gasteiger partial charge on any atom is -0.320 e. The fraction of sp³-hybridized carbons (Fsp3) is 0.364. The number of anilines is 1. The molecule has 2 rings (SSSR count). The summed E-state index contributed by atoms with van der Waals surface area (Å²) in [4.78, 5) is 11.8. The van der Waals surface area contributed by atoms with Gasteiger partial charge in [0.05, 0.1) is 6.04 Å². The molecule has 0 saturated heterocycles. The van der Waals surface area contributed by atoms with E-state index in [1.165, 1.54) is 0 Å². The van der Waals surface area contributed by atoms with Crippen LogP contribution in [0.4, 0.5) is 5.95 Å². The van der Waals surface area contributed by atoms with Gasteiger partial charge in [0.1, 0.15) is 0 Å². The molecule has 0 fully saturated rings. The smallest absolute Gasteiger partial charge is 0.243 e. The summed E-state index contributed by atoms with van der Waals surface area (Å²) in [6.45, 7) is 3.79. The van der Waals surface area contributed by atoms with Crippen LogP contribution < -0.4 is 11.1 Å². The predicted octanol–water partition coefficient (Wildman–Crippen LogP) is 0.651. The third-order valence-corrected chi connectivity index (χ3v) is 2.57. The highest BCUT2D eigenvalue weighted by Gasteiger charge is 2.19. The number of hydrogen-bond donors (Lipinski definition) is 2. The molecule has 6 heteroatoms. The van der Waals surface area contributed by atoms with E-state index in [0.717, 1.165) is 0 Å². The van der Waals surface area contributed by atoms with E-state index in [2.05, 4.69) is 15.5 Å².